The molecule has 0 bridgehead atoms. The molecule has 0 saturated carbocycles. The maximum Gasteiger partial charge on any atom is 0.153 e. The van der Waals surface area contributed by atoms with Crippen molar-refractivity contribution in [3.8, 4) is 0 Å². The Morgan fingerprint density at radius 2 is 1.89 bits per heavy atom. The maximum absolute atomic E-state index is 11.6. The molecule has 0 aromatic heterocycles. The summed E-state index contributed by atoms with van der Waals surface area (Å²) in [6, 6.07) is 8.03. The fraction of sp³-hybridized carbons (Fsp3) is 0.538. The summed E-state index contributed by atoms with van der Waals surface area (Å²) in [7, 11) is -3.06. The van der Waals surface area contributed by atoms with Crippen LogP contribution in [0.25, 0.3) is 0 Å². The Hall–Kier alpha value is -0.390. The summed E-state index contributed by atoms with van der Waals surface area (Å²) >= 11 is 3.50. The lowest BCUT2D eigenvalue weighted by Gasteiger charge is -2.26. The Kier molecular flexibility index (Phi) is 4.98. The number of hydrogen-bond acceptors (Lipinski definition) is 3. The SMILES string of the molecule is CC(NCC(C)(C)S(C)(=O)=O)c1ccccc1Br. The van der Waals surface area contributed by atoms with Crippen molar-refractivity contribution in [3.05, 3.63) is 34.3 Å². The van der Waals surface area contributed by atoms with Gasteiger partial charge in [0.1, 0.15) is 0 Å². The first kappa shape index (κ1) is 15.7. The molecule has 0 saturated heterocycles. The quantitative estimate of drug-likeness (QED) is 0.901. The summed E-state index contributed by atoms with van der Waals surface area (Å²) in [5.41, 5.74) is 1.13. The van der Waals surface area contributed by atoms with E-state index in [4.69, 9.17) is 0 Å². The Bertz CT molecular complexity index is 511. The molecular weight excluding hydrogens is 314 g/mol. The summed E-state index contributed by atoms with van der Waals surface area (Å²) in [5.74, 6) is 0. The first-order valence-electron chi connectivity index (χ1n) is 5.82. The van der Waals surface area contributed by atoms with Crippen molar-refractivity contribution in [2.45, 2.75) is 31.6 Å². The van der Waals surface area contributed by atoms with Gasteiger partial charge in [-0.15, -0.1) is 0 Å². The van der Waals surface area contributed by atoms with Gasteiger partial charge in [0.2, 0.25) is 0 Å². The molecule has 1 atom stereocenters. The fourth-order valence-corrected chi connectivity index (χ4v) is 2.44. The fourth-order valence-electron chi connectivity index (χ4n) is 1.47. The second-order valence-electron chi connectivity index (χ2n) is 5.16. The van der Waals surface area contributed by atoms with Crippen LogP contribution in [0.15, 0.2) is 28.7 Å². The van der Waals surface area contributed by atoms with E-state index in [0.29, 0.717) is 6.54 Å². The highest BCUT2D eigenvalue weighted by atomic mass is 79.9. The van der Waals surface area contributed by atoms with E-state index < -0.39 is 14.6 Å². The van der Waals surface area contributed by atoms with Crippen molar-refractivity contribution in [2.24, 2.45) is 0 Å². The zero-order chi connectivity index (χ0) is 14.0. The standard InChI is InChI=1S/C13H20BrNO2S/c1-10(11-7-5-6-8-12(11)14)15-9-13(2,3)18(4,16)17/h5-8,10,15H,9H2,1-4H3. The average Bonchev–Trinajstić information content (AvgIpc) is 2.25. The lowest BCUT2D eigenvalue weighted by molar-refractivity contribution is 0.488. The average molecular weight is 334 g/mol. The second kappa shape index (κ2) is 5.72. The van der Waals surface area contributed by atoms with Crippen LogP contribution in [0.3, 0.4) is 0 Å². The van der Waals surface area contributed by atoms with E-state index in [-0.39, 0.29) is 6.04 Å². The molecule has 1 aromatic rings. The molecule has 0 aliphatic carbocycles. The molecule has 0 aliphatic heterocycles. The Morgan fingerprint density at radius 3 is 2.39 bits per heavy atom. The predicted octanol–water partition coefficient (Wildman–Crippen LogP) is 2.92. The second-order valence-corrected chi connectivity index (χ2v) is 8.66. The number of benzene rings is 1. The number of nitrogens with one attached hydrogen (secondary N) is 1. The van der Waals surface area contributed by atoms with E-state index in [9.17, 15) is 8.42 Å². The third kappa shape index (κ3) is 3.80. The van der Waals surface area contributed by atoms with E-state index in [1.807, 2.05) is 31.2 Å². The van der Waals surface area contributed by atoms with Crippen LogP contribution in [0.1, 0.15) is 32.4 Å². The van der Waals surface area contributed by atoms with Gasteiger partial charge < -0.3 is 5.32 Å². The van der Waals surface area contributed by atoms with Gasteiger partial charge in [0.15, 0.2) is 9.84 Å². The van der Waals surface area contributed by atoms with Crippen molar-refractivity contribution >= 4 is 25.8 Å². The zero-order valence-electron chi connectivity index (χ0n) is 11.2. The van der Waals surface area contributed by atoms with Gasteiger partial charge >= 0.3 is 0 Å². The van der Waals surface area contributed by atoms with Gasteiger partial charge in [-0.2, -0.15) is 0 Å². The van der Waals surface area contributed by atoms with E-state index in [0.717, 1.165) is 10.0 Å². The zero-order valence-corrected chi connectivity index (χ0v) is 13.6. The molecule has 0 radical (unpaired) electrons. The summed E-state index contributed by atoms with van der Waals surface area (Å²) in [5, 5.41) is 3.28. The van der Waals surface area contributed by atoms with Gasteiger partial charge in [0.05, 0.1) is 4.75 Å². The minimum Gasteiger partial charge on any atom is -0.309 e. The van der Waals surface area contributed by atoms with Gasteiger partial charge in [-0.1, -0.05) is 34.1 Å². The van der Waals surface area contributed by atoms with Crippen LogP contribution in [0, 0.1) is 0 Å². The Balaban J connectivity index is 2.74. The predicted molar refractivity (Wildman–Crippen MR) is 79.5 cm³/mol. The van der Waals surface area contributed by atoms with Crippen molar-refractivity contribution in [2.75, 3.05) is 12.8 Å². The molecule has 3 nitrogen and oxygen atoms in total. The first-order valence-corrected chi connectivity index (χ1v) is 8.51. The molecule has 102 valence electrons. The molecule has 18 heavy (non-hydrogen) atoms. The smallest absolute Gasteiger partial charge is 0.153 e. The van der Waals surface area contributed by atoms with Gasteiger partial charge in [-0.3, -0.25) is 0 Å². The number of rotatable bonds is 5. The van der Waals surface area contributed by atoms with E-state index in [1.54, 1.807) is 13.8 Å². The van der Waals surface area contributed by atoms with Gasteiger partial charge in [0, 0.05) is 23.3 Å². The molecule has 1 unspecified atom stereocenters. The normalized spacial score (nSPS) is 14.5. The van der Waals surface area contributed by atoms with Crippen LogP contribution >= 0.6 is 15.9 Å². The summed E-state index contributed by atoms with van der Waals surface area (Å²) in [4.78, 5) is 0. The number of halogens is 1. The first-order chi connectivity index (χ1) is 8.15. The molecule has 5 heteroatoms. The van der Waals surface area contributed by atoms with Crippen molar-refractivity contribution in [1.29, 1.82) is 0 Å². The number of hydrogen-bond donors (Lipinski definition) is 1. The summed E-state index contributed by atoms with van der Waals surface area (Å²) in [6.07, 6.45) is 1.28. The molecule has 0 spiro atoms. The molecule has 1 aromatic carbocycles. The molecule has 0 amide bonds. The Morgan fingerprint density at radius 1 is 1.33 bits per heavy atom. The van der Waals surface area contributed by atoms with Gasteiger partial charge in [0.25, 0.3) is 0 Å². The lowest BCUT2D eigenvalue weighted by Crippen LogP contribution is -2.42. The van der Waals surface area contributed by atoms with Crippen LogP contribution in [0.2, 0.25) is 0 Å². The van der Waals surface area contributed by atoms with Crippen molar-refractivity contribution in [3.63, 3.8) is 0 Å². The van der Waals surface area contributed by atoms with Crippen molar-refractivity contribution < 1.29 is 8.42 Å². The van der Waals surface area contributed by atoms with E-state index in [1.165, 1.54) is 6.26 Å². The third-order valence-corrected chi connectivity index (χ3v) is 6.08. The highest BCUT2D eigenvalue weighted by Crippen LogP contribution is 2.23. The number of sulfone groups is 1. The third-order valence-electron chi connectivity index (χ3n) is 3.21. The molecule has 0 heterocycles. The minimum absolute atomic E-state index is 0.0987. The van der Waals surface area contributed by atoms with E-state index >= 15 is 0 Å². The highest BCUT2D eigenvalue weighted by molar-refractivity contribution is 9.10. The van der Waals surface area contributed by atoms with Crippen LogP contribution < -0.4 is 5.32 Å². The minimum atomic E-state index is -3.06. The molecule has 0 aliphatic rings. The summed E-state index contributed by atoms with van der Waals surface area (Å²) < 4.78 is 23.5. The monoisotopic (exact) mass is 333 g/mol. The topological polar surface area (TPSA) is 46.2 Å². The summed E-state index contributed by atoms with van der Waals surface area (Å²) in [6.45, 7) is 5.93. The molecule has 1 N–H and O–H groups in total. The van der Waals surface area contributed by atoms with Gasteiger partial charge in [-0.25, -0.2) is 8.42 Å². The van der Waals surface area contributed by atoms with Crippen LogP contribution in [0.4, 0.5) is 0 Å². The van der Waals surface area contributed by atoms with Crippen LogP contribution in [-0.4, -0.2) is 26.0 Å². The van der Waals surface area contributed by atoms with Crippen molar-refractivity contribution in [1.82, 2.24) is 5.32 Å². The highest BCUT2D eigenvalue weighted by Gasteiger charge is 2.30. The van der Waals surface area contributed by atoms with Crippen LogP contribution in [-0.2, 0) is 9.84 Å². The lowest BCUT2D eigenvalue weighted by atomic mass is 10.1. The van der Waals surface area contributed by atoms with E-state index in [2.05, 4.69) is 21.2 Å². The molecular formula is C13H20BrNO2S. The Labute approximate surface area is 118 Å². The van der Waals surface area contributed by atoms with Gasteiger partial charge in [-0.05, 0) is 32.4 Å². The largest absolute Gasteiger partial charge is 0.309 e. The maximum atomic E-state index is 11.6. The molecule has 0 fully saturated rings. The van der Waals surface area contributed by atoms with Crippen LogP contribution in [0.5, 0.6) is 0 Å². The molecule has 1 rings (SSSR count).